The molecule has 0 aliphatic rings. The minimum absolute atomic E-state index is 0.0511. The van der Waals surface area contributed by atoms with E-state index in [0.717, 1.165) is 5.01 Å². The van der Waals surface area contributed by atoms with E-state index in [0.29, 0.717) is 0 Å². The molecule has 138 valence electrons. The number of aromatic nitrogens is 1. The van der Waals surface area contributed by atoms with Crippen LogP contribution in [0, 0.1) is 10.9 Å². The Morgan fingerprint density at radius 3 is 2.58 bits per heavy atom. The average Bonchev–Trinajstić information content (AvgIpc) is 2.58. The van der Waals surface area contributed by atoms with Crippen molar-refractivity contribution < 1.29 is 8.42 Å². The molecule has 0 radical (unpaired) electrons. The zero-order chi connectivity index (χ0) is 19.5. The highest BCUT2D eigenvalue weighted by atomic mass is 35.5. The zero-order valence-electron chi connectivity index (χ0n) is 13.3. The van der Waals surface area contributed by atoms with Crippen LogP contribution < -0.4 is 4.72 Å². The number of anilines is 1. The summed E-state index contributed by atoms with van der Waals surface area (Å²) in [5.74, 6) is -0.0511. The number of nitrogens with one attached hydrogen (secondary N) is 3. The Bertz CT molecular complexity index is 967. The zero-order valence-corrected chi connectivity index (χ0v) is 16.4. The maximum atomic E-state index is 12.6. The lowest BCUT2D eigenvalue weighted by Crippen LogP contribution is -2.23. The Morgan fingerprint density at radius 1 is 1.27 bits per heavy atom. The summed E-state index contributed by atoms with van der Waals surface area (Å²) in [6, 6.07) is 5.28. The first kappa shape index (κ1) is 20.4. The fraction of sp³-hybridized carbons (Fsp3) is 0.143. The highest BCUT2D eigenvalue weighted by Crippen LogP contribution is 2.27. The molecular weight excluding hydrogens is 423 g/mol. The molecule has 0 atom stereocenters. The summed E-state index contributed by atoms with van der Waals surface area (Å²) in [4.78, 5) is 3.98. The molecule has 3 N–H and O–H groups in total. The summed E-state index contributed by atoms with van der Waals surface area (Å²) in [5, 5.41) is 12.5. The molecule has 0 saturated carbocycles. The third-order valence-electron chi connectivity index (χ3n) is 3.26. The van der Waals surface area contributed by atoms with Gasteiger partial charge in [0.05, 0.1) is 37.8 Å². The third-order valence-corrected chi connectivity index (χ3v) is 5.57. The quantitative estimate of drug-likeness (QED) is 0.272. The fourth-order valence-electron chi connectivity index (χ4n) is 1.88. The molecule has 0 amide bonds. The lowest BCUT2D eigenvalue weighted by molar-refractivity contribution is 0.476. The monoisotopic (exact) mass is 434 g/mol. The molecule has 26 heavy (non-hydrogen) atoms. The Morgan fingerprint density at radius 2 is 1.96 bits per heavy atom. The van der Waals surface area contributed by atoms with Crippen LogP contribution in [-0.4, -0.2) is 31.3 Å². The predicted molar refractivity (Wildman–Crippen MR) is 101 cm³/mol. The molecular formula is C14H13Cl3N6O2S. The van der Waals surface area contributed by atoms with Gasteiger partial charge in [0.25, 0.3) is 10.0 Å². The predicted octanol–water partition coefficient (Wildman–Crippen LogP) is 4.24. The van der Waals surface area contributed by atoms with Gasteiger partial charge >= 0.3 is 0 Å². The molecule has 8 nitrogen and oxygen atoms in total. The maximum absolute atomic E-state index is 12.6. The molecule has 0 aliphatic carbocycles. The standard InChI is InChI=1S/C14H13Cl3N6O2S/c1-23(22-19)14(18)6-12-13(4-8(15)7-20-12)21-26(24,25)9-2-3-10(16)11(17)5-9/h2-5,7,18-19,21H,6H2,1H3. The van der Waals surface area contributed by atoms with Crippen molar-refractivity contribution in [3.05, 3.63) is 51.2 Å². The third kappa shape index (κ3) is 4.82. The van der Waals surface area contributed by atoms with Crippen LogP contribution in [0.1, 0.15) is 5.69 Å². The summed E-state index contributed by atoms with van der Waals surface area (Å²) in [7, 11) is -2.57. The summed E-state index contributed by atoms with van der Waals surface area (Å²) < 4.78 is 27.6. The number of sulfonamides is 1. The number of rotatable bonds is 6. The second-order valence-electron chi connectivity index (χ2n) is 5.08. The van der Waals surface area contributed by atoms with Gasteiger partial charge in [-0.25, -0.2) is 13.4 Å². The summed E-state index contributed by atoms with van der Waals surface area (Å²) in [6.45, 7) is 0. The highest BCUT2D eigenvalue weighted by Gasteiger charge is 2.19. The number of nitrogens with zero attached hydrogens (tertiary/aromatic N) is 3. The van der Waals surface area contributed by atoms with Crippen LogP contribution in [0.3, 0.4) is 0 Å². The smallest absolute Gasteiger partial charge is 0.262 e. The lowest BCUT2D eigenvalue weighted by atomic mass is 10.2. The van der Waals surface area contributed by atoms with Gasteiger partial charge in [0.1, 0.15) is 5.84 Å². The van der Waals surface area contributed by atoms with E-state index in [1.807, 2.05) is 0 Å². The van der Waals surface area contributed by atoms with Gasteiger partial charge in [0, 0.05) is 13.2 Å². The SMILES string of the molecule is CN(N=N)C(=N)Cc1ncc(Cl)cc1NS(=O)(=O)c1ccc(Cl)c(Cl)c1. The minimum Gasteiger partial charge on any atom is -0.287 e. The largest absolute Gasteiger partial charge is 0.287 e. The minimum atomic E-state index is -3.99. The van der Waals surface area contributed by atoms with E-state index in [9.17, 15) is 8.42 Å². The average molecular weight is 436 g/mol. The number of halogens is 3. The van der Waals surface area contributed by atoms with E-state index in [-0.39, 0.29) is 43.6 Å². The number of benzene rings is 1. The van der Waals surface area contributed by atoms with E-state index >= 15 is 0 Å². The molecule has 0 fully saturated rings. The second kappa shape index (κ2) is 8.17. The van der Waals surface area contributed by atoms with E-state index in [4.69, 9.17) is 45.7 Å². The van der Waals surface area contributed by atoms with E-state index < -0.39 is 10.0 Å². The van der Waals surface area contributed by atoms with Crippen molar-refractivity contribution in [2.75, 3.05) is 11.8 Å². The fourth-order valence-corrected chi connectivity index (χ4v) is 3.50. The summed E-state index contributed by atoms with van der Waals surface area (Å²) in [6.07, 6.45) is 1.27. The second-order valence-corrected chi connectivity index (χ2v) is 8.01. The van der Waals surface area contributed by atoms with Crippen molar-refractivity contribution in [1.82, 2.24) is 9.99 Å². The summed E-state index contributed by atoms with van der Waals surface area (Å²) >= 11 is 17.6. The van der Waals surface area contributed by atoms with Crippen LogP contribution in [0.25, 0.3) is 0 Å². The molecule has 0 unspecified atom stereocenters. The summed E-state index contributed by atoms with van der Waals surface area (Å²) in [5.41, 5.74) is 7.27. The van der Waals surface area contributed by atoms with E-state index in [2.05, 4.69) is 14.9 Å². The van der Waals surface area contributed by atoms with Gasteiger partial charge in [0.2, 0.25) is 0 Å². The molecule has 2 rings (SSSR count). The Kier molecular flexibility index (Phi) is 6.40. The first-order chi connectivity index (χ1) is 12.1. The van der Waals surface area contributed by atoms with Crippen LogP contribution in [0.5, 0.6) is 0 Å². The first-order valence-electron chi connectivity index (χ1n) is 6.95. The van der Waals surface area contributed by atoms with Crippen molar-refractivity contribution in [1.29, 1.82) is 10.9 Å². The van der Waals surface area contributed by atoms with E-state index in [1.165, 1.54) is 37.5 Å². The topological polar surface area (TPSA) is 122 Å². The number of likely N-dealkylation sites (N-methyl/N-ethyl adjacent to an activating group) is 1. The normalized spacial score (nSPS) is 11.1. The van der Waals surface area contributed by atoms with Gasteiger partial charge < -0.3 is 0 Å². The van der Waals surface area contributed by atoms with Crippen molar-refractivity contribution in [3.8, 4) is 0 Å². The Balaban J connectivity index is 2.38. The van der Waals surface area contributed by atoms with Crippen LogP contribution >= 0.6 is 34.8 Å². The van der Waals surface area contributed by atoms with Crippen LogP contribution in [-0.2, 0) is 16.4 Å². The van der Waals surface area contributed by atoms with Gasteiger partial charge in [-0.15, -0.1) is 0 Å². The molecule has 0 bridgehead atoms. The van der Waals surface area contributed by atoms with Gasteiger partial charge in [-0.05, 0) is 24.3 Å². The van der Waals surface area contributed by atoms with Crippen LogP contribution in [0.15, 0.2) is 40.6 Å². The number of pyridine rings is 1. The number of hydrogen-bond donors (Lipinski definition) is 3. The molecule has 12 heteroatoms. The molecule has 0 aliphatic heterocycles. The molecule has 1 heterocycles. The Hall–Kier alpha value is -1.94. The Labute approximate surface area is 165 Å². The molecule has 0 spiro atoms. The van der Waals surface area contributed by atoms with Crippen molar-refractivity contribution in [2.45, 2.75) is 11.3 Å². The molecule has 1 aromatic heterocycles. The van der Waals surface area contributed by atoms with Crippen molar-refractivity contribution >= 4 is 56.3 Å². The molecule has 1 aromatic carbocycles. The van der Waals surface area contributed by atoms with Crippen molar-refractivity contribution in [3.63, 3.8) is 0 Å². The van der Waals surface area contributed by atoms with Gasteiger partial charge in [0.15, 0.2) is 0 Å². The maximum Gasteiger partial charge on any atom is 0.262 e. The van der Waals surface area contributed by atoms with Gasteiger partial charge in [-0.2, -0.15) is 5.53 Å². The van der Waals surface area contributed by atoms with E-state index in [1.54, 1.807) is 0 Å². The number of hydrogen-bond acceptors (Lipinski definition) is 6. The van der Waals surface area contributed by atoms with Crippen molar-refractivity contribution in [2.24, 2.45) is 5.22 Å². The lowest BCUT2D eigenvalue weighted by Gasteiger charge is -2.15. The van der Waals surface area contributed by atoms with Crippen LogP contribution in [0.4, 0.5) is 5.69 Å². The molecule has 2 aromatic rings. The first-order valence-corrected chi connectivity index (χ1v) is 9.56. The van der Waals surface area contributed by atoms with Crippen LogP contribution in [0.2, 0.25) is 15.1 Å². The van der Waals surface area contributed by atoms with Gasteiger partial charge in [-0.3, -0.25) is 15.1 Å². The highest BCUT2D eigenvalue weighted by molar-refractivity contribution is 7.92. The van der Waals surface area contributed by atoms with Gasteiger partial charge in [-0.1, -0.05) is 40.0 Å². The number of amidine groups is 1. The molecule has 0 saturated heterocycles.